The minimum absolute atomic E-state index is 0.348. The predicted molar refractivity (Wildman–Crippen MR) is 83.8 cm³/mol. The maximum absolute atomic E-state index is 11.8. The van der Waals surface area contributed by atoms with Gasteiger partial charge in [-0.2, -0.15) is 0 Å². The van der Waals surface area contributed by atoms with Gasteiger partial charge >= 0.3 is 5.97 Å². The number of hydrogen-bond acceptors (Lipinski definition) is 6. The van der Waals surface area contributed by atoms with Gasteiger partial charge in [-0.3, -0.25) is 9.69 Å². The molecule has 6 nitrogen and oxygen atoms in total. The number of hydrogen-bond donors (Lipinski definition) is 1. The number of halogens is 1. The minimum atomic E-state index is -0.544. The second-order valence-corrected chi connectivity index (χ2v) is 5.98. The van der Waals surface area contributed by atoms with Crippen LogP contribution in [0.3, 0.4) is 0 Å². The van der Waals surface area contributed by atoms with Gasteiger partial charge in [0.2, 0.25) is 0 Å². The van der Waals surface area contributed by atoms with Gasteiger partial charge in [0.1, 0.15) is 11.7 Å². The molecule has 1 aliphatic rings. The minimum Gasteiger partial charge on any atom is -0.468 e. The van der Waals surface area contributed by atoms with Crippen LogP contribution in [0.25, 0.3) is 11.3 Å². The third-order valence-electron chi connectivity index (χ3n) is 3.91. The number of aromatic nitrogens is 1. The number of aliphatic hydroxyl groups excluding tert-OH is 1. The van der Waals surface area contributed by atoms with Crippen LogP contribution in [0.1, 0.15) is 12.2 Å². The molecule has 0 aliphatic carbocycles. The van der Waals surface area contributed by atoms with Crippen LogP contribution in [0.4, 0.5) is 0 Å². The fourth-order valence-electron chi connectivity index (χ4n) is 2.78. The SMILES string of the molecule is COC(=O)[C@@H]1C[C@@H](O)CN1Cc1cc(-c2ccc(Cl)cc2)no1. The van der Waals surface area contributed by atoms with Gasteiger partial charge < -0.3 is 14.4 Å². The van der Waals surface area contributed by atoms with Crippen molar-refractivity contribution in [1.29, 1.82) is 0 Å². The van der Waals surface area contributed by atoms with E-state index in [0.717, 1.165) is 5.56 Å². The summed E-state index contributed by atoms with van der Waals surface area (Å²) in [7, 11) is 1.35. The zero-order chi connectivity index (χ0) is 16.4. The van der Waals surface area contributed by atoms with Gasteiger partial charge in [0.25, 0.3) is 0 Å². The summed E-state index contributed by atoms with van der Waals surface area (Å²) in [4.78, 5) is 13.6. The maximum Gasteiger partial charge on any atom is 0.323 e. The average Bonchev–Trinajstić information content (AvgIpc) is 3.14. The second-order valence-electron chi connectivity index (χ2n) is 5.54. The van der Waals surface area contributed by atoms with E-state index in [2.05, 4.69) is 5.16 Å². The van der Waals surface area contributed by atoms with Crippen molar-refractivity contribution < 1.29 is 19.2 Å². The van der Waals surface area contributed by atoms with E-state index in [1.54, 1.807) is 12.1 Å². The first-order chi connectivity index (χ1) is 11.1. The number of β-amino-alcohol motifs (C(OH)–C–C–N with tert-alkyl or cyclic N) is 1. The Bertz CT molecular complexity index is 686. The molecule has 0 radical (unpaired) electrons. The molecule has 0 amide bonds. The van der Waals surface area contributed by atoms with Crippen molar-refractivity contribution in [3.05, 3.63) is 41.1 Å². The fourth-order valence-corrected chi connectivity index (χ4v) is 2.91. The molecule has 0 saturated carbocycles. The van der Waals surface area contributed by atoms with Gasteiger partial charge in [-0.05, 0) is 12.1 Å². The van der Waals surface area contributed by atoms with Crippen LogP contribution in [0.15, 0.2) is 34.9 Å². The van der Waals surface area contributed by atoms with Crippen molar-refractivity contribution in [2.75, 3.05) is 13.7 Å². The van der Waals surface area contributed by atoms with E-state index in [4.69, 9.17) is 20.9 Å². The molecule has 23 heavy (non-hydrogen) atoms. The highest BCUT2D eigenvalue weighted by atomic mass is 35.5. The number of carbonyl (C=O) groups excluding carboxylic acids is 1. The molecule has 1 saturated heterocycles. The number of likely N-dealkylation sites (tertiary alicyclic amines) is 1. The molecule has 1 aromatic carbocycles. The number of ether oxygens (including phenoxy) is 1. The lowest BCUT2D eigenvalue weighted by atomic mass is 10.1. The van der Waals surface area contributed by atoms with Crippen molar-refractivity contribution in [3.63, 3.8) is 0 Å². The number of esters is 1. The van der Waals surface area contributed by atoms with E-state index < -0.39 is 12.1 Å². The van der Waals surface area contributed by atoms with Gasteiger partial charge in [0.05, 0.1) is 19.8 Å². The number of carbonyl (C=O) groups is 1. The summed E-state index contributed by atoms with van der Waals surface area (Å²) in [5.41, 5.74) is 1.60. The van der Waals surface area contributed by atoms with Gasteiger partial charge in [-0.25, -0.2) is 0 Å². The molecule has 2 aromatic rings. The van der Waals surface area contributed by atoms with E-state index >= 15 is 0 Å². The Morgan fingerprint density at radius 1 is 1.48 bits per heavy atom. The van der Waals surface area contributed by atoms with Crippen molar-refractivity contribution in [3.8, 4) is 11.3 Å². The lowest BCUT2D eigenvalue weighted by molar-refractivity contribution is -0.146. The van der Waals surface area contributed by atoms with E-state index in [0.29, 0.717) is 36.0 Å². The molecular weight excluding hydrogens is 320 g/mol. The lowest BCUT2D eigenvalue weighted by Gasteiger charge is -2.20. The van der Waals surface area contributed by atoms with Crippen LogP contribution in [-0.4, -0.2) is 46.9 Å². The molecule has 7 heteroatoms. The van der Waals surface area contributed by atoms with Crippen LogP contribution in [0.5, 0.6) is 0 Å². The molecule has 1 fully saturated rings. The first-order valence-electron chi connectivity index (χ1n) is 7.28. The summed E-state index contributed by atoms with van der Waals surface area (Å²) in [6, 6.07) is 8.66. The summed E-state index contributed by atoms with van der Waals surface area (Å²) >= 11 is 5.87. The molecule has 1 aliphatic heterocycles. The highest BCUT2D eigenvalue weighted by Crippen LogP contribution is 2.25. The monoisotopic (exact) mass is 336 g/mol. The average molecular weight is 337 g/mol. The first kappa shape index (κ1) is 16.0. The Hall–Kier alpha value is -1.89. The van der Waals surface area contributed by atoms with Gasteiger partial charge in [0, 0.05) is 29.6 Å². The second kappa shape index (κ2) is 6.70. The van der Waals surface area contributed by atoms with Crippen LogP contribution >= 0.6 is 11.6 Å². The van der Waals surface area contributed by atoms with E-state index in [-0.39, 0.29) is 5.97 Å². The Kier molecular flexibility index (Phi) is 4.66. The van der Waals surface area contributed by atoms with Crippen molar-refractivity contribution in [1.82, 2.24) is 10.1 Å². The Morgan fingerprint density at radius 2 is 2.22 bits per heavy atom. The molecular formula is C16H17ClN2O4. The zero-order valence-electron chi connectivity index (χ0n) is 12.6. The quantitative estimate of drug-likeness (QED) is 0.862. The Balaban J connectivity index is 1.73. The molecule has 0 spiro atoms. The van der Waals surface area contributed by atoms with Crippen LogP contribution in [-0.2, 0) is 16.1 Å². The molecule has 2 heterocycles. The first-order valence-corrected chi connectivity index (χ1v) is 7.66. The van der Waals surface area contributed by atoms with Gasteiger partial charge in [-0.15, -0.1) is 0 Å². The predicted octanol–water partition coefficient (Wildman–Crippen LogP) is 2.10. The summed E-state index contributed by atoms with van der Waals surface area (Å²) in [5, 5.41) is 14.5. The molecule has 3 rings (SSSR count). The molecule has 0 unspecified atom stereocenters. The molecule has 2 atom stereocenters. The number of benzene rings is 1. The number of rotatable bonds is 4. The van der Waals surface area contributed by atoms with Crippen LogP contribution < -0.4 is 0 Å². The maximum atomic E-state index is 11.8. The summed E-state index contributed by atoms with van der Waals surface area (Å²) in [5.74, 6) is 0.275. The van der Waals surface area contributed by atoms with Gasteiger partial charge in [0.15, 0.2) is 5.76 Å². The topological polar surface area (TPSA) is 75.8 Å². The lowest BCUT2D eigenvalue weighted by Crippen LogP contribution is -2.36. The normalized spacial score (nSPS) is 21.5. The molecule has 1 aromatic heterocycles. The van der Waals surface area contributed by atoms with Crippen molar-refractivity contribution >= 4 is 17.6 Å². The van der Waals surface area contributed by atoms with E-state index in [9.17, 15) is 9.90 Å². The highest BCUT2D eigenvalue weighted by molar-refractivity contribution is 6.30. The van der Waals surface area contributed by atoms with E-state index in [1.165, 1.54) is 7.11 Å². The number of nitrogens with zero attached hydrogens (tertiary/aromatic N) is 2. The highest BCUT2D eigenvalue weighted by Gasteiger charge is 2.37. The smallest absolute Gasteiger partial charge is 0.323 e. The Morgan fingerprint density at radius 3 is 2.91 bits per heavy atom. The fraction of sp³-hybridized carbons (Fsp3) is 0.375. The van der Waals surface area contributed by atoms with Crippen molar-refractivity contribution in [2.24, 2.45) is 0 Å². The van der Waals surface area contributed by atoms with Crippen molar-refractivity contribution in [2.45, 2.75) is 25.1 Å². The third-order valence-corrected chi connectivity index (χ3v) is 4.16. The third kappa shape index (κ3) is 3.55. The van der Waals surface area contributed by atoms with Gasteiger partial charge in [-0.1, -0.05) is 28.9 Å². The number of methoxy groups -OCH3 is 1. The molecule has 0 bridgehead atoms. The molecule has 122 valence electrons. The van der Waals surface area contributed by atoms with E-state index in [1.807, 2.05) is 23.1 Å². The summed E-state index contributed by atoms with van der Waals surface area (Å²) < 4.78 is 10.1. The summed E-state index contributed by atoms with van der Waals surface area (Å²) in [6.07, 6.45) is -0.178. The zero-order valence-corrected chi connectivity index (χ0v) is 13.4. The summed E-state index contributed by atoms with van der Waals surface area (Å²) in [6.45, 7) is 0.786. The van der Waals surface area contributed by atoms with Crippen LogP contribution in [0, 0.1) is 0 Å². The Labute approximate surface area is 138 Å². The largest absolute Gasteiger partial charge is 0.468 e. The molecule has 1 N–H and O–H groups in total. The standard InChI is InChI=1S/C16H17ClN2O4/c1-22-16(21)15-6-12(20)8-19(15)9-13-7-14(18-23-13)10-2-4-11(17)5-3-10/h2-5,7,12,15,20H,6,8-9H2,1H3/t12-,15+/m1/s1. The number of aliphatic hydroxyl groups is 1. The van der Waals surface area contributed by atoms with Crippen LogP contribution in [0.2, 0.25) is 5.02 Å².